The zero-order chi connectivity index (χ0) is 20.2. The summed E-state index contributed by atoms with van der Waals surface area (Å²) in [5.41, 5.74) is 0.928. The molecule has 29 heavy (non-hydrogen) atoms. The smallest absolute Gasteiger partial charge is 0.232 e. The highest BCUT2D eigenvalue weighted by molar-refractivity contribution is 5.58. The van der Waals surface area contributed by atoms with E-state index in [1.165, 1.54) is 0 Å². The molecule has 0 unspecified atom stereocenters. The number of aromatic nitrogens is 6. The van der Waals surface area contributed by atoms with E-state index in [0.717, 1.165) is 37.0 Å². The number of halogens is 1. The van der Waals surface area contributed by atoms with E-state index < -0.39 is 5.82 Å². The molecule has 11 heteroatoms. The molecule has 152 valence electrons. The van der Waals surface area contributed by atoms with Crippen LogP contribution in [0.25, 0.3) is 0 Å². The number of aromatic amines is 1. The Balaban J connectivity index is 1.60. The molecule has 1 aliphatic heterocycles. The Labute approximate surface area is 167 Å². The number of aryl methyl sites for hydroxylation is 1. The number of rotatable bonds is 6. The molecule has 10 nitrogen and oxygen atoms in total. The summed E-state index contributed by atoms with van der Waals surface area (Å²) in [6.07, 6.45) is 2.29. The van der Waals surface area contributed by atoms with E-state index in [4.69, 9.17) is 4.74 Å². The van der Waals surface area contributed by atoms with Crippen molar-refractivity contribution in [2.75, 3.05) is 41.8 Å². The van der Waals surface area contributed by atoms with Crippen molar-refractivity contribution >= 4 is 23.4 Å². The van der Waals surface area contributed by atoms with Gasteiger partial charge in [-0.05, 0) is 13.8 Å². The van der Waals surface area contributed by atoms with Crippen LogP contribution in [0.4, 0.5) is 27.8 Å². The fraction of sp³-hybridized carbons (Fsp3) is 0.389. The quantitative estimate of drug-likeness (QED) is 0.573. The topological polar surface area (TPSA) is 117 Å². The summed E-state index contributed by atoms with van der Waals surface area (Å²) in [6, 6.07) is 3.46. The molecule has 4 rings (SSSR count). The van der Waals surface area contributed by atoms with Gasteiger partial charge in [-0.25, -0.2) is 14.4 Å². The summed E-state index contributed by atoms with van der Waals surface area (Å²) in [6.45, 7) is 6.58. The first-order valence-electron chi connectivity index (χ1n) is 9.31. The van der Waals surface area contributed by atoms with Crippen molar-refractivity contribution in [2.24, 2.45) is 0 Å². The lowest BCUT2D eigenvalue weighted by Gasteiger charge is -2.28. The number of hydrogen-bond donors (Lipinski definition) is 3. The third kappa shape index (κ3) is 4.74. The summed E-state index contributed by atoms with van der Waals surface area (Å²) in [4.78, 5) is 19.4. The second-order valence-corrected chi connectivity index (χ2v) is 6.72. The van der Waals surface area contributed by atoms with Gasteiger partial charge in [0.15, 0.2) is 11.6 Å². The molecule has 1 fully saturated rings. The van der Waals surface area contributed by atoms with Gasteiger partial charge in [0.2, 0.25) is 5.95 Å². The van der Waals surface area contributed by atoms with Gasteiger partial charge in [0.1, 0.15) is 17.5 Å². The Bertz CT molecular complexity index is 956. The van der Waals surface area contributed by atoms with Crippen molar-refractivity contribution in [1.82, 2.24) is 30.1 Å². The zero-order valence-electron chi connectivity index (χ0n) is 16.2. The molecule has 0 spiro atoms. The molecule has 0 aromatic carbocycles. The summed E-state index contributed by atoms with van der Waals surface area (Å²) in [7, 11) is 0. The number of hydrogen-bond acceptors (Lipinski definition) is 9. The second kappa shape index (κ2) is 8.35. The summed E-state index contributed by atoms with van der Waals surface area (Å²) >= 11 is 0. The van der Waals surface area contributed by atoms with E-state index in [0.29, 0.717) is 36.6 Å². The van der Waals surface area contributed by atoms with E-state index in [2.05, 4.69) is 45.7 Å². The third-order valence-electron chi connectivity index (χ3n) is 4.39. The van der Waals surface area contributed by atoms with Crippen LogP contribution in [0.3, 0.4) is 0 Å². The molecule has 0 radical (unpaired) electrons. The van der Waals surface area contributed by atoms with E-state index >= 15 is 0 Å². The fourth-order valence-electron chi connectivity index (χ4n) is 2.95. The lowest BCUT2D eigenvalue weighted by Crippen LogP contribution is -2.37. The summed E-state index contributed by atoms with van der Waals surface area (Å²) in [5.74, 6) is 2.40. The first kappa shape index (κ1) is 19.0. The van der Waals surface area contributed by atoms with Crippen molar-refractivity contribution in [3.05, 3.63) is 41.9 Å². The molecule has 0 saturated carbocycles. The molecule has 3 aromatic heterocycles. The van der Waals surface area contributed by atoms with Crippen molar-refractivity contribution in [3.63, 3.8) is 0 Å². The highest BCUT2D eigenvalue weighted by Crippen LogP contribution is 2.23. The summed E-state index contributed by atoms with van der Waals surface area (Å²) in [5, 5.41) is 13.4. The summed E-state index contributed by atoms with van der Waals surface area (Å²) < 4.78 is 18.5. The van der Waals surface area contributed by atoms with Crippen LogP contribution in [-0.2, 0) is 4.74 Å². The minimum absolute atomic E-state index is 0.275. The van der Waals surface area contributed by atoms with Crippen LogP contribution >= 0.6 is 0 Å². The number of H-pyrrole nitrogens is 1. The van der Waals surface area contributed by atoms with Crippen LogP contribution in [-0.4, -0.2) is 56.4 Å². The van der Waals surface area contributed by atoms with Crippen LogP contribution in [0.5, 0.6) is 0 Å². The molecular formula is C18H22FN9O. The number of nitrogens with one attached hydrogen (secondary N) is 3. The number of nitrogens with zero attached hydrogens (tertiary/aromatic N) is 6. The van der Waals surface area contributed by atoms with E-state index in [-0.39, 0.29) is 6.04 Å². The minimum atomic E-state index is -0.474. The monoisotopic (exact) mass is 399 g/mol. The predicted molar refractivity (Wildman–Crippen MR) is 106 cm³/mol. The number of ether oxygens (including phenoxy) is 1. The minimum Gasteiger partial charge on any atom is -0.378 e. The Morgan fingerprint density at radius 1 is 1.14 bits per heavy atom. The Morgan fingerprint density at radius 2 is 1.90 bits per heavy atom. The molecule has 1 atom stereocenters. The van der Waals surface area contributed by atoms with Gasteiger partial charge in [-0.3, -0.25) is 5.10 Å². The zero-order valence-corrected chi connectivity index (χ0v) is 16.2. The van der Waals surface area contributed by atoms with Gasteiger partial charge in [0.05, 0.1) is 31.6 Å². The lowest BCUT2D eigenvalue weighted by molar-refractivity contribution is 0.122. The van der Waals surface area contributed by atoms with Gasteiger partial charge < -0.3 is 20.3 Å². The van der Waals surface area contributed by atoms with Crippen LogP contribution in [0.15, 0.2) is 24.5 Å². The Hall–Kier alpha value is -3.34. The number of anilines is 4. The fourth-order valence-corrected chi connectivity index (χ4v) is 2.95. The highest BCUT2D eigenvalue weighted by Gasteiger charge is 2.17. The lowest BCUT2D eigenvalue weighted by atomic mass is 10.3. The first-order valence-corrected chi connectivity index (χ1v) is 9.31. The Kier molecular flexibility index (Phi) is 5.47. The molecule has 1 saturated heterocycles. The van der Waals surface area contributed by atoms with Crippen molar-refractivity contribution < 1.29 is 9.13 Å². The maximum absolute atomic E-state index is 13.1. The van der Waals surface area contributed by atoms with Crippen LogP contribution in [0, 0.1) is 12.7 Å². The van der Waals surface area contributed by atoms with E-state index in [9.17, 15) is 4.39 Å². The van der Waals surface area contributed by atoms with Gasteiger partial charge in [-0.1, -0.05) is 0 Å². The average Bonchev–Trinajstić information content (AvgIpc) is 3.13. The molecule has 3 N–H and O–H groups in total. The van der Waals surface area contributed by atoms with Crippen LogP contribution in [0.2, 0.25) is 0 Å². The SMILES string of the molecule is Cc1cc(Nc2nc(N[C@@H](C)c3ncc(F)cn3)cc(N3CCOCC3)n2)n[nH]1. The second-order valence-electron chi connectivity index (χ2n) is 6.72. The molecule has 1 aliphatic rings. The normalized spacial score (nSPS) is 15.2. The molecule has 0 aliphatic carbocycles. The third-order valence-corrected chi connectivity index (χ3v) is 4.39. The van der Waals surface area contributed by atoms with Gasteiger partial charge in [-0.15, -0.1) is 0 Å². The molecular weight excluding hydrogens is 377 g/mol. The van der Waals surface area contributed by atoms with Crippen LogP contribution < -0.4 is 15.5 Å². The molecule has 3 aromatic rings. The van der Waals surface area contributed by atoms with Crippen LogP contribution in [0.1, 0.15) is 24.5 Å². The largest absolute Gasteiger partial charge is 0.378 e. The van der Waals surface area contributed by atoms with E-state index in [1.54, 1.807) is 0 Å². The predicted octanol–water partition coefficient (Wildman–Crippen LogP) is 2.19. The average molecular weight is 399 g/mol. The van der Waals surface area contributed by atoms with Gasteiger partial charge in [0, 0.05) is 30.9 Å². The highest BCUT2D eigenvalue weighted by atomic mass is 19.1. The molecule has 0 amide bonds. The van der Waals surface area contributed by atoms with Gasteiger partial charge in [-0.2, -0.15) is 15.1 Å². The van der Waals surface area contributed by atoms with Crippen molar-refractivity contribution in [1.29, 1.82) is 0 Å². The maximum Gasteiger partial charge on any atom is 0.232 e. The van der Waals surface area contributed by atoms with Gasteiger partial charge in [0.25, 0.3) is 0 Å². The Morgan fingerprint density at radius 3 is 2.59 bits per heavy atom. The molecule has 4 heterocycles. The van der Waals surface area contributed by atoms with Crippen molar-refractivity contribution in [3.8, 4) is 0 Å². The first-order chi connectivity index (χ1) is 14.1. The van der Waals surface area contributed by atoms with Crippen molar-refractivity contribution in [2.45, 2.75) is 19.9 Å². The standard InChI is InChI=1S/C18H22FN9O/c1-11-7-15(27-26-11)24-18-23-14(8-16(25-18)28-3-5-29-6-4-28)22-12(2)17-20-9-13(19)10-21-17/h7-10,12H,3-6H2,1-2H3,(H3,22,23,24,25,26,27)/t12-/m0/s1. The molecule has 0 bridgehead atoms. The maximum atomic E-state index is 13.1. The van der Waals surface area contributed by atoms with E-state index in [1.807, 2.05) is 26.0 Å². The van der Waals surface area contributed by atoms with Gasteiger partial charge >= 0.3 is 0 Å². The number of morpholine rings is 1.